The van der Waals surface area contributed by atoms with E-state index in [1.807, 2.05) is 112 Å². The van der Waals surface area contributed by atoms with Gasteiger partial charge in [-0.15, -0.1) is 0 Å². The van der Waals surface area contributed by atoms with Crippen molar-refractivity contribution >= 4 is 34.8 Å². The highest BCUT2D eigenvalue weighted by atomic mass is 127. The predicted octanol–water partition coefficient (Wildman–Crippen LogP) is 6.91. The van der Waals surface area contributed by atoms with E-state index in [1.165, 1.54) is 0 Å². The zero-order chi connectivity index (χ0) is 28.5. The van der Waals surface area contributed by atoms with Gasteiger partial charge in [0.2, 0.25) is 0 Å². The molecule has 1 saturated heterocycles. The molecule has 0 spiro atoms. The Hall–Kier alpha value is -3.11. The largest absolute Gasteiger partial charge is 0.445 e. The van der Waals surface area contributed by atoms with Gasteiger partial charge < -0.3 is 19.5 Å². The van der Waals surface area contributed by atoms with Gasteiger partial charge >= 0.3 is 12.2 Å². The van der Waals surface area contributed by atoms with Crippen LogP contribution < -0.4 is 5.32 Å². The topological polar surface area (TPSA) is 77.1 Å². The molecular weight excluding hydrogens is 619 g/mol. The highest BCUT2D eigenvalue weighted by Gasteiger charge is 2.52. The SMILES string of the molecule is CC(C)(C)OC(=O)N[C@H]1[C@H](COCc2ccccc2)[C@@H](CI)N(C(=O)OCc2ccccc2)[C@H]1c1ccccc1. The average molecular weight is 657 g/mol. The second-order valence-corrected chi connectivity index (χ2v) is 11.7. The van der Waals surface area contributed by atoms with Crippen molar-refractivity contribution in [3.8, 4) is 0 Å². The van der Waals surface area contributed by atoms with Crippen LogP contribution in [0.4, 0.5) is 9.59 Å². The summed E-state index contributed by atoms with van der Waals surface area (Å²) in [6.45, 7) is 6.42. The predicted molar refractivity (Wildman–Crippen MR) is 163 cm³/mol. The van der Waals surface area contributed by atoms with E-state index in [4.69, 9.17) is 14.2 Å². The molecule has 7 nitrogen and oxygen atoms in total. The number of hydrogen-bond acceptors (Lipinski definition) is 5. The Morgan fingerprint density at radius 3 is 1.95 bits per heavy atom. The van der Waals surface area contributed by atoms with E-state index in [9.17, 15) is 9.59 Å². The first-order valence-corrected chi connectivity index (χ1v) is 15.0. The van der Waals surface area contributed by atoms with Crippen molar-refractivity contribution < 1.29 is 23.8 Å². The Kier molecular flexibility index (Phi) is 10.4. The molecule has 0 saturated carbocycles. The number of halogens is 1. The molecule has 1 aliphatic rings. The van der Waals surface area contributed by atoms with Crippen LogP contribution in [0.2, 0.25) is 0 Å². The summed E-state index contributed by atoms with van der Waals surface area (Å²) in [6, 6.07) is 28.1. The van der Waals surface area contributed by atoms with Crippen LogP contribution in [0, 0.1) is 5.92 Å². The molecule has 0 unspecified atom stereocenters. The van der Waals surface area contributed by atoms with Crippen LogP contribution in [-0.4, -0.2) is 45.8 Å². The highest BCUT2D eigenvalue weighted by molar-refractivity contribution is 14.1. The molecule has 4 atom stereocenters. The van der Waals surface area contributed by atoms with Gasteiger partial charge in [0, 0.05) is 10.3 Å². The lowest BCUT2D eigenvalue weighted by molar-refractivity contribution is 0.0426. The summed E-state index contributed by atoms with van der Waals surface area (Å²) in [5, 5.41) is 3.11. The lowest BCUT2D eigenvalue weighted by atomic mass is 9.92. The van der Waals surface area contributed by atoms with Gasteiger partial charge in [0.05, 0.1) is 31.3 Å². The van der Waals surface area contributed by atoms with Gasteiger partial charge in [-0.3, -0.25) is 4.90 Å². The third-order valence-corrected chi connectivity index (χ3v) is 7.68. The summed E-state index contributed by atoms with van der Waals surface area (Å²) in [5.41, 5.74) is 2.20. The molecule has 1 fully saturated rings. The fraction of sp³-hybridized carbons (Fsp3) is 0.375. The summed E-state index contributed by atoms with van der Waals surface area (Å²) in [4.78, 5) is 28.7. The van der Waals surface area contributed by atoms with Gasteiger partial charge in [-0.05, 0) is 37.5 Å². The molecule has 0 bridgehead atoms. The Balaban J connectivity index is 1.65. The number of rotatable bonds is 9. The molecule has 1 aliphatic heterocycles. The average Bonchev–Trinajstić information content (AvgIpc) is 3.25. The summed E-state index contributed by atoms with van der Waals surface area (Å²) in [7, 11) is 0. The third kappa shape index (κ3) is 7.97. The highest BCUT2D eigenvalue weighted by Crippen LogP contribution is 2.42. The maximum atomic E-state index is 13.8. The van der Waals surface area contributed by atoms with Crippen molar-refractivity contribution in [2.24, 2.45) is 5.92 Å². The molecular formula is C32H37IN2O5. The van der Waals surface area contributed by atoms with E-state index in [0.29, 0.717) is 17.6 Å². The quantitative estimate of drug-likeness (QED) is 0.200. The van der Waals surface area contributed by atoms with Crippen molar-refractivity contribution in [1.29, 1.82) is 0 Å². The smallest absolute Gasteiger partial charge is 0.410 e. The zero-order valence-corrected chi connectivity index (χ0v) is 25.3. The summed E-state index contributed by atoms with van der Waals surface area (Å²) < 4.78 is 18.3. The Morgan fingerprint density at radius 2 is 1.40 bits per heavy atom. The molecule has 212 valence electrons. The van der Waals surface area contributed by atoms with Crippen LogP contribution in [0.25, 0.3) is 0 Å². The van der Waals surface area contributed by atoms with Crippen LogP contribution in [0.15, 0.2) is 91.0 Å². The van der Waals surface area contributed by atoms with E-state index >= 15 is 0 Å². The van der Waals surface area contributed by atoms with Crippen molar-refractivity contribution in [2.45, 2.75) is 57.7 Å². The summed E-state index contributed by atoms with van der Waals surface area (Å²) in [6.07, 6.45) is -0.959. The Bertz CT molecular complexity index is 1220. The number of alkyl carbamates (subject to hydrolysis) is 1. The molecule has 3 aromatic carbocycles. The van der Waals surface area contributed by atoms with Crippen molar-refractivity contribution in [3.63, 3.8) is 0 Å². The lowest BCUT2D eigenvalue weighted by Crippen LogP contribution is -2.46. The van der Waals surface area contributed by atoms with Crippen LogP contribution in [0.3, 0.4) is 0 Å². The third-order valence-electron chi connectivity index (χ3n) is 6.77. The molecule has 0 aromatic heterocycles. The zero-order valence-electron chi connectivity index (χ0n) is 23.2. The summed E-state index contributed by atoms with van der Waals surface area (Å²) in [5.74, 6) is -0.206. The second-order valence-electron chi connectivity index (χ2n) is 10.9. The minimum absolute atomic E-state index is 0.158. The van der Waals surface area contributed by atoms with E-state index in [2.05, 4.69) is 27.9 Å². The first kappa shape index (κ1) is 29.9. The number of carbonyl (C=O) groups is 2. The van der Waals surface area contributed by atoms with Gasteiger partial charge in [0.1, 0.15) is 12.2 Å². The number of likely N-dealkylation sites (tertiary alicyclic amines) is 1. The Morgan fingerprint density at radius 1 is 0.850 bits per heavy atom. The van der Waals surface area contributed by atoms with Gasteiger partial charge in [0.25, 0.3) is 0 Å². The van der Waals surface area contributed by atoms with Gasteiger partial charge in [0.15, 0.2) is 0 Å². The number of benzene rings is 3. The Labute approximate surface area is 250 Å². The number of hydrogen-bond donors (Lipinski definition) is 1. The molecule has 3 aromatic rings. The summed E-state index contributed by atoms with van der Waals surface area (Å²) >= 11 is 2.30. The number of nitrogens with zero attached hydrogens (tertiary/aromatic N) is 1. The maximum absolute atomic E-state index is 13.8. The molecule has 40 heavy (non-hydrogen) atoms. The number of ether oxygens (including phenoxy) is 3. The number of nitrogens with one attached hydrogen (secondary N) is 1. The normalized spacial score (nSPS) is 20.6. The van der Waals surface area contributed by atoms with Crippen molar-refractivity contribution in [1.82, 2.24) is 10.2 Å². The maximum Gasteiger partial charge on any atom is 0.410 e. The van der Waals surface area contributed by atoms with Crippen LogP contribution >= 0.6 is 22.6 Å². The molecule has 1 N–H and O–H groups in total. The van der Waals surface area contributed by atoms with Gasteiger partial charge in [-0.25, -0.2) is 9.59 Å². The molecule has 1 heterocycles. The van der Waals surface area contributed by atoms with E-state index < -0.39 is 29.9 Å². The molecule has 8 heteroatoms. The first-order valence-electron chi connectivity index (χ1n) is 13.5. The minimum Gasteiger partial charge on any atom is -0.445 e. The fourth-order valence-corrected chi connectivity index (χ4v) is 6.12. The number of alkyl halides is 1. The van der Waals surface area contributed by atoms with Gasteiger partial charge in [-0.2, -0.15) is 0 Å². The lowest BCUT2D eigenvalue weighted by Gasteiger charge is -2.31. The van der Waals surface area contributed by atoms with E-state index in [0.717, 1.165) is 16.7 Å². The monoisotopic (exact) mass is 656 g/mol. The molecule has 0 aliphatic carbocycles. The van der Waals surface area contributed by atoms with Crippen molar-refractivity contribution in [3.05, 3.63) is 108 Å². The molecule has 4 rings (SSSR count). The minimum atomic E-state index is -0.665. The van der Waals surface area contributed by atoms with E-state index in [1.54, 1.807) is 4.90 Å². The van der Waals surface area contributed by atoms with Gasteiger partial charge in [-0.1, -0.05) is 114 Å². The van der Waals surface area contributed by atoms with Crippen molar-refractivity contribution in [2.75, 3.05) is 11.0 Å². The van der Waals surface area contributed by atoms with Crippen LogP contribution in [0.5, 0.6) is 0 Å². The number of amides is 2. The molecule has 0 radical (unpaired) electrons. The van der Waals surface area contributed by atoms with Crippen LogP contribution in [-0.2, 0) is 27.4 Å². The second kappa shape index (κ2) is 14.0. The molecule has 2 amide bonds. The first-order chi connectivity index (χ1) is 19.3. The fourth-order valence-electron chi connectivity index (χ4n) is 5.04. The van der Waals surface area contributed by atoms with Crippen LogP contribution in [0.1, 0.15) is 43.5 Å². The standard InChI is InChI=1S/C32H37IN2O5/c1-32(2,3)40-30(36)34-28-26(22-38-20-23-13-7-4-8-14-23)27(19-33)35(29(28)25-17-11-6-12-18-25)31(37)39-21-24-15-9-5-10-16-24/h4-18,26-29H,19-22H2,1-3H3,(H,34,36)/t26-,27-,28+,29+/m1/s1. The van der Waals surface area contributed by atoms with E-state index in [-0.39, 0.29) is 18.6 Å². The number of carbonyl (C=O) groups excluding carboxylic acids is 2.